The molecule has 144 valence electrons. The van der Waals surface area contributed by atoms with Gasteiger partial charge in [-0.25, -0.2) is 8.42 Å². The average molecular weight is 410 g/mol. The van der Waals surface area contributed by atoms with Crippen LogP contribution in [0.1, 0.15) is 42.1 Å². The Bertz CT molecular complexity index is 939. The molecule has 27 heavy (non-hydrogen) atoms. The first kappa shape index (κ1) is 20.9. The van der Waals surface area contributed by atoms with Crippen LogP contribution in [0.15, 0.2) is 47.4 Å². The van der Waals surface area contributed by atoms with Gasteiger partial charge in [-0.15, -0.1) is 0 Å². The van der Waals surface area contributed by atoms with E-state index in [-0.39, 0.29) is 29.9 Å². The van der Waals surface area contributed by atoms with Gasteiger partial charge in [-0.3, -0.25) is 14.3 Å². The summed E-state index contributed by atoms with van der Waals surface area (Å²) in [4.78, 5) is 23.0. The number of carbonyl (C=O) groups excluding carboxylic acids is 1. The van der Waals surface area contributed by atoms with E-state index in [0.717, 1.165) is 0 Å². The van der Waals surface area contributed by atoms with Crippen molar-refractivity contribution in [1.29, 1.82) is 0 Å². The first-order valence-electron chi connectivity index (χ1n) is 8.39. The summed E-state index contributed by atoms with van der Waals surface area (Å²) in [6.07, 6.45) is 0.875. The SMILES string of the molecule is CCc1cc(NS(=O)(=O)c2ccc(Cl)cc2)ccc1C(=O)CCCC(=O)O. The molecule has 0 saturated heterocycles. The fourth-order valence-corrected chi connectivity index (χ4v) is 3.76. The molecule has 0 aliphatic carbocycles. The molecular weight excluding hydrogens is 390 g/mol. The number of halogens is 1. The number of hydrogen-bond acceptors (Lipinski definition) is 4. The number of rotatable bonds is 9. The lowest BCUT2D eigenvalue weighted by molar-refractivity contribution is -0.137. The smallest absolute Gasteiger partial charge is 0.303 e. The summed E-state index contributed by atoms with van der Waals surface area (Å²) in [5.41, 5.74) is 1.54. The lowest BCUT2D eigenvalue weighted by atomic mass is 9.98. The fraction of sp³-hybridized carbons (Fsp3) is 0.263. The van der Waals surface area contributed by atoms with Gasteiger partial charge in [-0.1, -0.05) is 18.5 Å². The third kappa shape index (κ3) is 5.80. The van der Waals surface area contributed by atoms with Crippen molar-refractivity contribution in [2.24, 2.45) is 0 Å². The maximum Gasteiger partial charge on any atom is 0.303 e. The lowest BCUT2D eigenvalue weighted by Crippen LogP contribution is -2.13. The number of benzene rings is 2. The lowest BCUT2D eigenvalue weighted by Gasteiger charge is -2.12. The van der Waals surface area contributed by atoms with Crippen LogP contribution in [0.3, 0.4) is 0 Å². The first-order chi connectivity index (χ1) is 12.7. The van der Waals surface area contributed by atoms with E-state index < -0.39 is 16.0 Å². The monoisotopic (exact) mass is 409 g/mol. The van der Waals surface area contributed by atoms with E-state index in [2.05, 4.69) is 4.72 Å². The minimum Gasteiger partial charge on any atom is -0.481 e. The zero-order valence-corrected chi connectivity index (χ0v) is 16.3. The molecule has 0 radical (unpaired) electrons. The molecule has 0 fully saturated rings. The molecule has 0 aliphatic rings. The zero-order valence-electron chi connectivity index (χ0n) is 14.7. The van der Waals surface area contributed by atoms with Crippen LogP contribution < -0.4 is 4.72 Å². The van der Waals surface area contributed by atoms with Gasteiger partial charge in [0.15, 0.2) is 5.78 Å². The highest BCUT2D eigenvalue weighted by Gasteiger charge is 2.16. The van der Waals surface area contributed by atoms with E-state index in [4.69, 9.17) is 16.7 Å². The van der Waals surface area contributed by atoms with Crippen LogP contribution in [0.25, 0.3) is 0 Å². The van der Waals surface area contributed by atoms with Gasteiger partial charge in [0.1, 0.15) is 0 Å². The van der Waals surface area contributed by atoms with E-state index in [1.165, 1.54) is 30.3 Å². The predicted molar refractivity (Wildman–Crippen MR) is 104 cm³/mol. The number of nitrogens with one attached hydrogen (secondary N) is 1. The van der Waals surface area contributed by atoms with Crippen LogP contribution in [0.5, 0.6) is 0 Å². The minimum atomic E-state index is -3.77. The second-order valence-electron chi connectivity index (χ2n) is 5.96. The van der Waals surface area contributed by atoms with Crippen LogP contribution in [-0.2, 0) is 21.2 Å². The molecule has 0 atom stereocenters. The summed E-state index contributed by atoms with van der Waals surface area (Å²) < 4.78 is 27.4. The summed E-state index contributed by atoms with van der Waals surface area (Å²) >= 11 is 5.78. The molecule has 0 aromatic heterocycles. The van der Waals surface area contributed by atoms with E-state index >= 15 is 0 Å². The van der Waals surface area contributed by atoms with Crippen molar-refractivity contribution in [2.75, 3.05) is 4.72 Å². The second kappa shape index (κ2) is 9.01. The molecule has 2 aromatic rings. The maximum absolute atomic E-state index is 12.5. The third-order valence-electron chi connectivity index (χ3n) is 3.96. The summed E-state index contributed by atoms with van der Waals surface area (Å²) in [7, 11) is -3.77. The van der Waals surface area contributed by atoms with Crippen LogP contribution in [-0.4, -0.2) is 25.3 Å². The molecule has 2 N–H and O–H groups in total. The van der Waals surface area contributed by atoms with Crippen LogP contribution in [0.2, 0.25) is 5.02 Å². The summed E-state index contributed by atoms with van der Waals surface area (Å²) in [5.74, 6) is -1.09. The summed E-state index contributed by atoms with van der Waals surface area (Å²) in [6.45, 7) is 1.86. The van der Waals surface area contributed by atoms with Crippen molar-refractivity contribution in [3.63, 3.8) is 0 Å². The molecule has 0 saturated carbocycles. The zero-order chi connectivity index (χ0) is 20.0. The predicted octanol–water partition coefficient (Wildman–Crippen LogP) is 4.14. The van der Waals surface area contributed by atoms with Crippen LogP contribution in [0.4, 0.5) is 5.69 Å². The Hall–Kier alpha value is -2.38. The Kier molecular flexibility index (Phi) is 6.98. The number of carboxylic acid groups (broad SMARTS) is 1. The van der Waals surface area contributed by atoms with Gasteiger partial charge in [-0.05, 0) is 60.9 Å². The van der Waals surface area contributed by atoms with Gasteiger partial charge >= 0.3 is 5.97 Å². The molecule has 0 amide bonds. The van der Waals surface area contributed by atoms with Crippen molar-refractivity contribution in [1.82, 2.24) is 0 Å². The molecule has 0 heterocycles. The Labute approximate surface area is 163 Å². The minimum absolute atomic E-state index is 0.0633. The van der Waals surface area contributed by atoms with Gasteiger partial charge in [-0.2, -0.15) is 0 Å². The number of aryl methyl sites for hydroxylation is 1. The van der Waals surface area contributed by atoms with Crippen LogP contribution in [0, 0.1) is 0 Å². The number of sulfonamides is 1. The number of anilines is 1. The average Bonchev–Trinajstić information content (AvgIpc) is 2.61. The van der Waals surface area contributed by atoms with Gasteiger partial charge < -0.3 is 5.11 Å². The maximum atomic E-state index is 12.5. The standard InChI is InChI=1S/C19H20ClNO5S/c1-2-13-12-15(8-11-17(13)18(22)4-3-5-19(23)24)21-27(25,26)16-9-6-14(20)7-10-16/h6-12,21H,2-5H2,1H3,(H,23,24). The molecule has 6 nitrogen and oxygen atoms in total. The topological polar surface area (TPSA) is 101 Å². The van der Waals surface area contributed by atoms with Crippen molar-refractivity contribution < 1.29 is 23.1 Å². The number of ketones is 1. The highest BCUT2D eigenvalue weighted by molar-refractivity contribution is 7.92. The van der Waals surface area contributed by atoms with Gasteiger partial charge in [0.05, 0.1) is 4.90 Å². The number of aliphatic carboxylic acids is 1. The molecule has 0 spiro atoms. The van der Waals surface area contributed by atoms with Crippen molar-refractivity contribution in [3.05, 3.63) is 58.6 Å². The fourth-order valence-electron chi connectivity index (χ4n) is 2.58. The Morgan fingerprint density at radius 2 is 1.74 bits per heavy atom. The highest BCUT2D eigenvalue weighted by Crippen LogP contribution is 2.22. The highest BCUT2D eigenvalue weighted by atomic mass is 35.5. The largest absolute Gasteiger partial charge is 0.481 e. The quantitative estimate of drug-likeness (QED) is 0.606. The van der Waals surface area contributed by atoms with Gasteiger partial charge in [0, 0.05) is 29.1 Å². The number of carboxylic acids is 1. The summed E-state index contributed by atoms with van der Waals surface area (Å²) in [6, 6.07) is 10.5. The molecular formula is C19H20ClNO5S. The van der Waals surface area contributed by atoms with Crippen molar-refractivity contribution in [2.45, 2.75) is 37.5 Å². The van der Waals surface area contributed by atoms with E-state index in [9.17, 15) is 18.0 Å². The summed E-state index contributed by atoms with van der Waals surface area (Å²) in [5, 5.41) is 9.11. The van der Waals surface area contributed by atoms with Gasteiger partial charge in [0.25, 0.3) is 10.0 Å². The molecule has 0 aliphatic heterocycles. The van der Waals surface area contributed by atoms with E-state index in [0.29, 0.717) is 28.3 Å². The number of carbonyl (C=O) groups is 2. The molecule has 0 unspecified atom stereocenters. The number of Topliss-reactive ketones (excluding diaryl/α,β-unsaturated/α-hetero) is 1. The van der Waals surface area contributed by atoms with Crippen LogP contribution >= 0.6 is 11.6 Å². The molecule has 2 aromatic carbocycles. The van der Waals surface area contributed by atoms with Crippen molar-refractivity contribution in [3.8, 4) is 0 Å². The molecule has 2 rings (SSSR count). The number of hydrogen-bond donors (Lipinski definition) is 2. The van der Waals surface area contributed by atoms with Gasteiger partial charge in [0.2, 0.25) is 0 Å². The normalized spacial score (nSPS) is 11.2. The Morgan fingerprint density at radius 3 is 2.33 bits per heavy atom. The molecule has 8 heteroatoms. The van der Waals surface area contributed by atoms with Crippen molar-refractivity contribution >= 4 is 39.1 Å². The third-order valence-corrected chi connectivity index (χ3v) is 5.61. The Balaban J connectivity index is 2.18. The second-order valence-corrected chi connectivity index (χ2v) is 8.07. The van der Waals surface area contributed by atoms with E-state index in [1.54, 1.807) is 12.1 Å². The molecule has 0 bridgehead atoms. The van der Waals surface area contributed by atoms with E-state index in [1.807, 2.05) is 6.92 Å². The Morgan fingerprint density at radius 1 is 1.07 bits per heavy atom. The first-order valence-corrected chi connectivity index (χ1v) is 10.3.